The second-order valence-electron chi connectivity index (χ2n) is 9.84. The fourth-order valence-electron chi connectivity index (χ4n) is 5.71. The summed E-state index contributed by atoms with van der Waals surface area (Å²) in [5.74, 6) is -0.562. The number of ether oxygens (including phenoxy) is 2. The maximum absolute atomic E-state index is 12.4. The first-order chi connectivity index (χ1) is 17.4. The molecule has 0 spiro atoms. The molecule has 1 saturated heterocycles. The van der Waals surface area contributed by atoms with Gasteiger partial charge in [-0.1, -0.05) is 61.9 Å². The summed E-state index contributed by atoms with van der Waals surface area (Å²) in [6, 6.07) is 19.9. The molecule has 1 heterocycles. The number of hydrogen-bond donors (Lipinski definition) is 3. The number of aromatic hydroxyl groups is 2. The standard InChI is InChI=1S/C30H32O6/c1-2-3-9-19-14-15-26(31)24(27(19)32)16-23-22-12-7-8-13-25(22)30(34)17-21(36-28(23)30)18-35-29(33)20-10-5-4-6-11-20/h4-8,10-15,21,23,28,31-32,34H,2-3,9,16-18H2,1H3/t21-,23?,28-,30-/m1/s1. The van der Waals surface area contributed by atoms with Crippen LogP contribution in [0.15, 0.2) is 66.7 Å². The maximum atomic E-state index is 12.4. The van der Waals surface area contributed by atoms with Crippen molar-refractivity contribution in [1.82, 2.24) is 0 Å². The van der Waals surface area contributed by atoms with Crippen molar-refractivity contribution in [2.75, 3.05) is 6.61 Å². The van der Waals surface area contributed by atoms with Crippen molar-refractivity contribution >= 4 is 5.97 Å². The molecule has 3 aromatic carbocycles. The van der Waals surface area contributed by atoms with E-state index < -0.39 is 23.8 Å². The third kappa shape index (κ3) is 4.36. The number of carbonyl (C=O) groups is 1. The van der Waals surface area contributed by atoms with E-state index >= 15 is 0 Å². The molecule has 1 aliphatic carbocycles. The molecule has 5 rings (SSSR count). The number of rotatable bonds is 8. The number of hydrogen-bond acceptors (Lipinski definition) is 6. The molecule has 3 N–H and O–H groups in total. The highest BCUT2D eigenvalue weighted by molar-refractivity contribution is 5.89. The molecule has 36 heavy (non-hydrogen) atoms. The first kappa shape index (κ1) is 24.3. The summed E-state index contributed by atoms with van der Waals surface area (Å²) in [5, 5.41) is 33.4. The van der Waals surface area contributed by atoms with Crippen molar-refractivity contribution < 1.29 is 29.6 Å². The Balaban J connectivity index is 1.39. The van der Waals surface area contributed by atoms with Crippen LogP contribution in [0.1, 0.15) is 64.7 Å². The molecule has 188 valence electrons. The van der Waals surface area contributed by atoms with Crippen LogP contribution in [0.2, 0.25) is 0 Å². The Morgan fingerprint density at radius 3 is 2.58 bits per heavy atom. The number of phenolic OH excluding ortho intramolecular Hbond substituents is 2. The summed E-state index contributed by atoms with van der Waals surface area (Å²) < 4.78 is 11.8. The number of aliphatic hydroxyl groups is 1. The number of phenols is 2. The largest absolute Gasteiger partial charge is 0.508 e. The summed E-state index contributed by atoms with van der Waals surface area (Å²) in [7, 11) is 0. The van der Waals surface area contributed by atoms with Crippen LogP contribution < -0.4 is 0 Å². The average molecular weight is 489 g/mol. The van der Waals surface area contributed by atoms with Gasteiger partial charge in [0.25, 0.3) is 0 Å². The van der Waals surface area contributed by atoms with Gasteiger partial charge in [-0.15, -0.1) is 0 Å². The molecule has 6 nitrogen and oxygen atoms in total. The number of fused-ring (bicyclic) bond motifs is 3. The van der Waals surface area contributed by atoms with Crippen molar-refractivity contribution in [3.63, 3.8) is 0 Å². The topological polar surface area (TPSA) is 96.2 Å². The molecule has 1 unspecified atom stereocenters. The van der Waals surface area contributed by atoms with E-state index in [4.69, 9.17) is 9.47 Å². The smallest absolute Gasteiger partial charge is 0.338 e. The van der Waals surface area contributed by atoms with Crippen molar-refractivity contribution in [3.05, 3.63) is 94.5 Å². The number of benzene rings is 3. The van der Waals surface area contributed by atoms with Crippen LogP contribution >= 0.6 is 0 Å². The molecule has 6 heteroatoms. The Morgan fingerprint density at radius 1 is 1.06 bits per heavy atom. The van der Waals surface area contributed by atoms with Gasteiger partial charge in [-0.3, -0.25) is 0 Å². The van der Waals surface area contributed by atoms with Crippen LogP contribution in [-0.4, -0.2) is 40.1 Å². The summed E-state index contributed by atoms with van der Waals surface area (Å²) >= 11 is 0. The minimum atomic E-state index is -1.24. The average Bonchev–Trinajstić information content (AvgIpc) is 3.34. The minimum Gasteiger partial charge on any atom is -0.508 e. The summed E-state index contributed by atoms with van der Waals surface area (Å²) in [5.41, 5.74) is 2.24. The van der Waals surface area contributed by atoms with Crippen molar-refractivity contribution in [2.45, 2.75) is 62.8 Å². The summed E-state index contributed by atoms with van der Waals surface area (Å²) in [4.78, 5) is 12.4. The maximum Gasteiger partial charge on any atom is 0.338 e. The molecule has 3 aromatic rings. The predicted octanol–water partition coefficient (Wildman–Crippen LogP) is 4.98. The second kappa shape index (κ2) is 9.96. The van der Waals surface area contributed by atoms with E-state index in [9.17, 15) is 20.1 Å². The fraction of sp³-hybridized carbons (Fsp3) is 0.367. The predicted molar refractivity (Wildman–Crippen MR) is 135 cm³/mol. The number of unbranched alkanes of at least 4 members (excludes halogenated alkanes) is 1. The van der Waals surface area contributed by atoms with Crippen molar-refractivity contribution in [1.29, 1.82) is 0 Å². The van der Waals surface area contributed by atoms with Crippen molar-refractivity contribution in [3.8, 4) is 11.5 Å². The van der Waals surface area contributed by atoms with Gasteiger partial charge in [0, 0.05) is 17.9 Å². The van der Waals surface area contributed by atoms with Gasteiger partial charge < -0.3 is 24.8 Å². The highest BCUT2D eigenvalue weighted by Crippen LogP contribution is 2.55. The highest BCUT2D eigenvalue weighted by Gasteiger charge is 2.58. The SMILES string of the molecule is CCCCc1ccc(O)c(CC2c3ccccc3[C@]3(O)C[C@H](COC(=O)c4ccccc4)O[C@H]23)c1O. The zero-order chi connectivity index (χ0) is 25.3. The first-order valence-corrected chi connectivity index (χ1v) is 12.6. The monoisotopic (exact) mass is 488 g/mol. The lowest BCUT2D eigenvalue weighted by molar-refractivity contribution is -0.0597. The van der Waals surface area contributed by atoms with E-state index in [1.165, 1.54) is 0 Å². The fourth-order valence-corrected chi connectivity index (χ4v) is 5.71. The quantitative estimate of drug-likeness (QED) is 0.387. The first-order valence-electron chi connectivity index (χ1n) is 12.6. The van der Waals surface area contributed by atoms with Gasteiger partial charge in [-0.25, -0.2) is 4.79 Å². The lowest BCUT2D eigenvalue weighted by Crippen LogP contribution is -2.33. The van der Waals surface area contributed by atoms with Crippen LogP contribution in [0, 0.1) is 0 Å². The van der Waals surface area contributed by atoms with Crippen LogP contribution in [0.5, 0.6) is 11.5 Å². The molecule has 0 aromatic heterocycles. The number of aryl methyl sites for hydroxylation is 1. The molecular weight excluding hydrogens is 456 g/mol. The minimum absolute atomic E-state index is 0.0322. The van der Waals surface area contributed by atoms with E-state index in [0.717, 1.165) is 36.0 Å². The second-order valence-corrected chi connectivity index (χ2v) is 9.84. The Hall–Kier alpha value is -3.35. The lowest BCUT2D eigenvalue weighted by Gasteiger charge is -2.25. The highest BCUT2D eigenvalue weighted by atomic mass is 16.6. The number of carbonyl (C=O) groups excluding carboxylic acids is 1. The molecule has 4 atom stereocenters. The van der Waals surface area contributed by atoms with E-state index in [-0.39, 0.29) is 24.0 Å². The van der Waals surface area contributed by atoms with Gasteiger partial charge in [0.1, 0.15) is 23.7 Å². The lowest BCUT2D eigenvalue weighted by atomic mass is 9.87. The number of esters is 1. The van der Waals surface area contributed by atoms with E-state index in [2.05, 4.69) is 6.92 Å². The molecule has 1 fully saturated rings. The zero-order valence-corrected chi connectivity index (χ0v) is 20.4. The van der Waals surface area contributed by atoms with Gasteiger partial charge in [0.15, 0.2) is 0 Å². The molecule has 0 saturated carbocycles. The molecule has 2 aliphatic rings. The molecule has 0 bridgehead atoms. The zero-order valence-electron chi connectivity index (χ0n) is 20.4. The van der Waals surface area contributed by atoms with Crippen LogP contribution in [-0.2, 0) is 27.9 Å². The molecule has 0 amide bonds. The molecule has 0 radical (unpaired) electrons. The van der Waals surface area contributed by atoms with Gasteiger partial charge in [0.2, 0.25) is 0 Å². The van der Waals surface area contributed by atoms with Gasteiger partial charge in [-0.2, -0.15) is 0 Å². The van der Waals surface area contributed by atoms with E-state index in [1.807, 2.05) is 30.3 Å². The normalized spacial score (nSPS) is 24.3. The Bertz CT molecular complexity index is 1240. The summed E-state index contributed by atoms with van der Waals surface area (Å²) in [6.45, 7) is 2.13. The Labute approximate surface area is 211 Å². The van der Waals surface area contributed by atoms with Crippen LogP contribution in [0.4, 0.5) is 0 Å². The Morgan fingerprint density at radius 2 is 1.81 bits per heavy atom. The van der Waals surface area contributed by atoms with E-state index in [0.29, 0.717) is 24.0 Å². The molecular formula is C30H32O6. The van der Waals surface area contributed by atoms with Crippen molar-refractivity contribution in [2.24, 2.45) is 0 Å². The molecule has 1 aliphatic heterocycles. The Kier molecular flexibility index (Phi) is 6.73. The third-order valence-electron chi connectivity index (χ3n) is 7.52. The third-order valence-corrected chi connectivity index (χ3v) is 7.52. The van der Waals surface area contributed by atoms with Crippen LogP contribution in [0.3, 0.4) is 0 Å². The van der Waals surface area contributed by atoms with E-state index in [1.54, 1.807) is 36.4 Å². The summed E-state index contributed by atoms with van der Waals surface area (Å²) in [6.07, 6.45) is 2.23. The van der Waals surface area contributed by atoms with Gasteiger partial charge in [0.05, 0.1) is 17.8 Å². The van der Waals surface area contributed by atoms with Gasteiger partial charge >= 0.3 is 5.97 Å². The van der Waals surface area contributed by atoms with Gasteiger partial charge in [-0.05, 0) is 54.2 Å². The van der Waals surface area contributed by atoms with Crippen LogP contribution in [0.25, 0.3) is 0 Å².